The molecule has 7 heteroatoms. The van der Waals surface area contributed by atoms with E-state index in [0.717, 1.165) is 23.0 Å². The van der Waals surface area contributed by atoms with Crippen LogP contribution in [-0.4, -0.2) is 22.2 Å². The quantitative estimate of drug-likeness (QED) is 0.544. The van der Waals surface area contributed by atoms with Crippen LogP contribution in [0.1, 0.15) is 22.3 Å². The van der Waals surface area contributed by atoms with Crippen LogP contribution in [-0.2, 0) is 13.2 Å². The van der Waals surface area contributed by atoms with E-state index in [9.17, 15) is 9.18 Å². The minimum absolute atomic E-state index is 0.109. The summed E-state index contributed by atoms with van der Waals surface area (Å²) < 4.78 is 21.2. The molecule has 0 fully saturated rings. The molecule has 0 aliphatic carbocycles. The highest BCUT2D eigenvalue weighted by atomic mass is 79.9. The molecule has 1 amide bonds. The summed E-state index contributed by atoms with van der Waals surface area (Å²) >= 11 is 3.35. The maximum atomic E-state index is 12.9. The molecule has 3 aromatic rings. The second kappa shape index (κ2) is 9.32. The number of nitrogens with one attached hydrogen (secondary N) is 1. The lowest BCUT2D eigenvalue weighted by Gasteiger charge is -2.08. The van der Waals surface area contributed by atoms with E-state index in [1.54, 1.807) is 30.5 Å². The van der Waals surface area contributed by atoms with Crippen LogP contribution in [0.25, 0.3) is 0 Å². The Hall–Kier alpha value is -2.67. The number of carbonyl (C=O) groups is 1. The van der Waals surface area contributed by atoms with Crippen molar-refractivity contribution in [3.05, 3.63) is 82.3 Å². The smallest absolute Gasteiger partial charge is 0.251 e. The zero-order valence-electron chi connectivity index (χ0n) is 14.6. The molecule has 0 radical (unpaired) electrons. The molecule has 5 nitrogen and oxygen atoms in total. The molecule has 0 spiro atoms. The van der Waals surface area contributed by atoms with Gasteiger partial charge in [-0.1, -0.05) is 12.1 Å². The van der Waals surface area contributed by atoms with Gasteiger partial charge in [0.05, 0.1) is 10.7 Å². The monoisotopic (exact) mass is 431 g/mol. The Morgan fingerprint density at radius 1 is 1.15 bits per heavy atom. The first-order chi connectivity index (χ1) is 13.1. The number of nitrogens with zero attached hydrogens (tertiary/aromatic N) is 2. The molecule has 0 unspecified atom stereocenters. The summed E-state index contributed by atoms with van der Waals surface area (Å²) in [6.07, 6.45) is 4.43. The Morgan fingerprint density at radius 2 is 1.89 bits per heavy atom. The number of benzene rings is 2. The van der Waals surface area contributed by atoms with Gasteiger partial charge < -0.3 is 10.1 Å². The number of amides is 1. The molecule has 2 aromatic carbocycles. The molecular formula is C20H19BrFN3O2. The minimum atomic E-state index is -0.296. The van der Waals surface area contributed by atoms with Crippen molar-refractivity contribution < 1.29 is 13.9 Å². The summed E-state index contributed by atoms with van der Waals surface area (Å²) in [5.74, 6) is 0.195. The predicted molar refractivity (Wildman–Crippen MR) is 104 cm³/mol. The van der Waals surface area contributed by atoms with Crippen LogP contribution in [0.2, 0.25) is 0 Å². The van der Waals surface area contributed by atoms with Crippen LogP contribution >= 0.6 is 15.9 Å². The highest BCUT2D eigenvalue weighted by Crippen LogP contribution is 2.14. The third-order valence-electron chi connectivity index (χ3n) is 3.89. The van der Waals surface area contributed by atoms with Crippen LogP contribution in [0.4, 0.5) is 4.39 Å². The molecule has 0 aliphatic heterocycles. The Balaban J connectivity index is 1.42. The number of hydrogen-bond donors (Lipinski definition) is 1. The predicted octanol–water partition coefficient (Wildman–Crippen LogP) is 4.18. The fourth-order valence-corrected chi connectivity index (χ4v) is 2.78. The summed E-state index contributed by atoms with van der Waals surface area (Å²) in [6, 6.07) is 13.1. The molecule has 0 saturated heterocycles. The van der Waals surface area contributed by atoms with Gasteiger partial charge >= 0.3 is 0 Å². The first-order valence-electron chi connectivity index (χ1n) is 8.53. The van der Waals surface area contributed by atoms with E-state index in [-0.39, 0.29) is 11.7 Å². The second-order valence-electron chi connectivity index (χ2n) is 5.97. The van der Waals surface area contributed by atoms with Gasteiger partial charge in [-0.3, -0.25) is 9.48 Å². The lowest BCUT2D eigenvalue weighted by Crippen LogP contribution is -2.25. The van der Waals surface area contributed by atoms with Crippen LogP contribution in [0.5, 0.6) is 5.75 Å². The van der Waals surface area contributed by atoms with Gasteiger partial charge in [-0.05, 0) is 64.3 Å². The van der Waals surface area contributed by atoms with Crippen LogP contribution in [0, 0.1) is 5.82 Å². The second-order valence-corrected chi connectivity index (χ2v) is 6.89. The third kappa shape index (κ3) is 5.92. The van der Waals surface area contributed by atoms with E-state index in [4.69, 9.17) is 4.74 Å². The summed E-state index contributed by atoms with van der Waals surface area (Å²) in [6.45, 7) is 1.67. The van der Waals surface area contributed by atoms with E-state index in [1.165, 1.54) is 12.1 Å². The number of hydrogen-bond acceptors (Lipinski definition) is 3. The molecule has 0 aliphatic rings. The number of rotatable bonds is 8. The fraction of sp³-hybridized carbons (Fsp3) is 0.200. The van der Waals surface area contributed by atoms with Crippen molar-refractivity contribution >= 4 is 21.8 Å². The Labute approximate surface area is 165 Å². The van der Waals surface area contributed by atoms with Gasteiger partial charge in [0.25, 0.3) is 5.91 Å². The number of aryl methyl sites for hydroxylation is 1. The molecule has 0 saturated carbocycles. The van der Waals surface area contributed by atoms with Gasteiger partial charge in [-0.15, -0.1) is 0 Å². The summed E-state index contributed by atoms with van der Waals surface area (Å²) in [7, 11) is 0. The minimum Gasteiger partial charge on any atom is -0.489 e. The maximum Gasteiger partial charge on any atom is 0.251 e. The van der Waals surface area contributed by atoms with E-state index < -0.39 is 0 Å². The Morgan fingerprint density at radius 3 is 2.56 bits per heavy atom. The van der Waals surface area contributed by atoms with Crippen molar-refractivity contribution in [3.8, 4) is 5.75 Å². The summed E-state index contributed by atoms with van der Waals surface area (Å²) in [4.78, 5) is 12.2. The zero-order chi connectivity index (χ0) is 19.1. The van der Waals surface area contributed by atoms with Crippen molar-refractivity contribution in [2.24, 2.45) is 0 Å². The number of carbonyl (C=O) groups excluding carboxylic acids is 1. The molecule has 1 N–H and O–H groups in total. The normalized spacial score (nSPS) is 10.6. The van der Waals surface area contributed by atoms with E-state index in [1.807, 2.05) is 23.0 Å². The molecule has 140 valence electrons. The van der Waals surface area contributed by atoms with Crippen molar-refractivity contribution in [2.45, 2.75) is 19.6 Å². The molecule has 27 heavy (non-hydrogen) atoms. The first kappa shape index (κ1) is 19.1. The van der Waals surface area contributed by atoms with Crippen molar-refractivity contribution in [2.75, 3.05) is 6.54 Å². The Bertz CT molecular complexity index is 879. The number of ether oxygens (including phenoxy) is 1. The van der Waals surface area contributed by atoms with Gasteiger partial charge in [0, 0.05) is 24.8 Å². The Kier molecular flexibility index (Phi) is 6.59. The van der Waals surface area contributed by atoms with Gasteiger partial charge in [0.15, 0.2) is 0 Å². The van der Waals surface area contributed by atoms with Crippen molar-refractivity contribution in [1.82, 2.24) is 15.1 Å². The largest absolute Gasteiger partial charge is 0.489 e. The molecule has 0 bridgehead atoms. The van der Waals surface area contributed by atoms with E-state index in [0.29, 0.717) is 24.5 Å². The van der Waals surface area contributed by atoms with E-state index in [2.05, 4.69) is 26.3 Å². The van der Waals surface area contributed by atoms with Crippen LogP contribution in [0.3, 0.4) is 0 Å². The fourth-order valence-electron chi connectivity index (χ4n) is 2.46. The van der Waals surface area contributed by atoms with Gasteiger partial charge in [0.2, 0.25) is 0 Å². The molecule has 0 atom stereocenters. The first-order valence-corrected chi connectivity index (χ1v) is 9.33. The number of halogens is 2. The number of aromatic nitrogens is 2. The van der Waals surface area contributed by atoms with Crippen molar-refractivity contribution in [1.29, 1.82) is 0 Å². The summed E-state index contributed by atoms with van der Waals surface area (Å²) in [5.41, 5.74) is 1.53. The average molecular weight is 432 g/mol. The van der Waals surface area contributed by atoms with Gasteiger partial charge in [0.1, 0.15) is 18.2 Å². The topological polar surface area (TPSA) is 56.2 Å². The highest BCUT2D eigenvalue weighted by Gasteiger charge is 2.05. The molecule has 3 rings (SSSR count). The third-order valence-corrected chi connectivity index (χ3v) is 4.30. The van der Waals surface area contributed by atoms with E-state index >= 15 is 0 Å². The van der Waals surface area contributed by atoms with Crippen molar-refractivity contribution in [3.63, 3.8) is 0 Å². The lowest BCUT2D eigenvalue weighted by molar-refractivity contribution is 0.0952. The average Bonchev–Trinajstić information content (AvgIpc) is 3.10. The van der Waals surface area contributed by atoms with Crippen LogP contribution in [0.15, 0.2) is 65.4 Å². The molecular weight excluding hydrogens is 413 g/mol. The maximum absolute atomic E-state index is 12.9. The molecule has 1 heterocycles. The van der Waals surface area contributed by atoms with Gasteiger partial charge in [-0.2, -0.15) is 5.10 Å². The standard InChI is InChI=1S/C20H19BrFN3O2/c21-17-12-24-25(13-17)11-1-10-23-20(26)16-4-2-15(3-5-16)14-27-19-8-6-18(22)7-9-19/h2-9,12-13H,1,10-11,14H2,(H,23,26). The lowest BCUT2D eigenvalue weighted by atomic mass is 10.1. The summed E-state index contributed by atoms with van der Waals surface area (Å²) in [5, 5.41) is 7.07. The zero-order valence-corrected chi connectivity index (χ0v) is 16.2. The highest BCUT2D eigenvalue weighted by molar-refractivity contribution is 9.10. The van der Waals surface area contributed by atoms with Gasteiger partial charge in [-0.25, -0.2) is 4.39 Å². The van der Waals surface area contributed by atoms with Crippen LogP contribution < -0.4 is 10.1 Å². The molecule has 1 aromatic heterocycles. The SMILES string of the molecule is O=C(NCCCn1cc(Br)cn1)c1ccc(COc2ccc(F)cc2)cc1.